The molecule has 1 amide bonds. The molecule has 0 radical (unpaired) electrons. The third-order valence-electron chi connectivity index (χ3n) is 6.03. The third-order valence-corrected chi connectivity index (χ3v) is 7.08. The quantitative estimate of drug-likeness (QED) is 0.390. The number of carbonyl (C=O) groups excluding carboxylic acids is 2. The maximum atomic E-state index is 12.9. The van der Waals surface area contributed by atoms with Crippen LogP contribution in [0.5, 0.6) is 5.75 Å². The second-order valence-electron chi connectivity index (χ2n) is 8.41. The summed E-state index contributed by atoms with van der Waals surface area (Å²) in [5.41, 5.74) is 3.37. The van der Waals surface area contributed by atoms with Crippen LogP contribution < -0.4 is 0 Å². The molecule has 5 rings (SSSR count). The lowest BCUT2D eigenvalue weighted by atomic mass is 9.96. The number of hydrogen-bond acceptors (Lipinski definition) is 5. The molecule has 1 saturated heterocycles. The topological polar surface area (TPSA) is 70.0 Å². The number of piperidine rings is 1. The largest absolute Gasteiger partial charge is 0.507 e. The zero-order chi connectivity index (χ0) is 23.5. The Kier molecular flexibility index (Phi) is 6.32. The van der Waals surface area contributed by atoms with Crippen LogP contribution in [0.3, 0.4) is 0 Å². The summed E-state index contributed by atoms with van der Waals surface area (Å²) in [5.74, 6) is -0.476. The van der Waals surface area contributed by atoms with Gasteiger partial charge in [0.1, 0.15) is 5.75 Å². The Bertz CT molecular complexity index is 1310. The molecule has 170 valence electrons. The molecular formula is C28H24N2O3S. The summed E-state index contributed by atoms with van der Waals surface area (Å²) in [5, 5.41) is 11.1. The van der Waals surface area contributed by atoms with Crippen LogP contribution in [0.15, 0.2) is 82.7 Å². The number of amides is 1. The van der Waals surface area contributed by atoms with Crippen LogP contribution in [0.2, 0.25) is 0 Å². The van der Waals surface area contributed by atoms with Gasteiger partial charge in [0.15, 0.2) is 11.0 Å². The Morgan fingerprint density at radius 3 is 2.47 bits per heavy atom. The Morgan fingerprint density at radius 1 is 0.912 bits per heavy atom. The minimum Gasteiger partial charge on any atom is -0.507 e. The molecule has 2 aliphatic rings. The predicted molar refractivity (Wildman–Crippen MR) is 137 cm³/mol. The molecule has 0 aromatic heterocycles. The number of phenolic OH excluding ortho intramolecular Hbond substituents is 1. The van der Waals surface area contributed by atoms with Crippen molar-refractivity contribution in [3.05, 3.63) is 94.4 Å². The summed E-state index contributed by atoms with van der Waals surface area (Å²) in [4.78, 5) is 32.5. The van der Waals surface area contributed by atoms with Crippen molar-refractivity contribution in [1.29, 1.82) is 0 Å². The molecule has 0 spiro atoms. The lowest BCUT2D eigenvalue weighted by Gasteiger charge is -2.27. The van der Waals surface area contributed by atoms with E-state index in [4.69, 9.17) is 0 Å². The van der Waals surface area contributed by atoms with Gasteiger partial charge in [-0.15, -0.1) is 0 Å². The van der Waals surface area contributed by atoms with E-state index in [1.807, 2.05) is 36.4 Å². The molecular weight excluding hydrogens is 444 g/mol. The number of carbonyl (C=O) groups is 2. The van der Waals surface area contributed by atoms with Crippen molar-refractivity contribution in [1.82, 2.24) is 4.90 Å². The van der Waals surface area contributed by atoms with Crippen LogP contribution in [0, 0.1) is 0 Å². The van der Waals surface area contributed by atoms with Crippen LogP contribution in [0.4, 0.5) is 0 Å². The Morgan fingerprint density at radius 2 is 1.68 bits per heavy atom. The van der Waals surface area contributed by atoms with Crippen molar-refractivity contribution in [3.63, 3.8) is 0 Å². The summed E-state index contributed by atoms with van der Waals surface area (Å²) in [6, 6.07) is 21.8. The van der Waals surface area contributed by atoms with E-state index in [9.17, 15) is 14.7 Å². The zero-order valence-electron chi connectivity index (χ0n) is 18.6. The normalized spacial score (nSPS) is 17.2. The predicted octanol–water partition coefficient (Wildman–Crippen LogP) is 5.75. The molecule has 2 heterocycles. The van der Waals surface area contributed by atoms with Crippen molar-refractivity contribution >= 4 is 34.7 Å². The van der Waals surface area contributed by atoms with Gasteiger partial charge in [0, 0.05) is 18.7 Å². The monoisotopic (exact) mass is 468 g/mol. The number of rotatable bonds is 4. The first-order valence-electron chi connectivity index (χ1n) is 11.4. The molecule has 3 aromatic carbocycles. The van der Waals surface area contributed by atoms with Crippen molar-refractivity contribution < 1.29 is 14.7 Å². The van der Waals surface area contributed by atoms with E-state index in [2.05, 4.69) is 9.89 Å². The molecule has 3 aromatic rings. The van der Waals surface area contributed by atoms with Crippen molar-refractivity contribution in [2.45, 2.75) is 19.3 Å². The van der Waals surface area contributed by atoms with Crippen LogP contribution in [-0.2, 0) is 4.79 Å². The van der Waals surface area contributed by atoms with Gasteiger partial charge in [-0.05, 0) is 72.0 Å². The SMILES string of the molecule is O=C1N=C(N2CCCCC2)S/C1=C/c1cccc(-c2ccc(O)c(C(=O)c3ccccc3)c2)c1. The van der Waals surface area contributed by atoms with Gasteiger partial charge in [-0.3, -0.25) is 9.59 Å². The van der Waals surface area contributed by atoms with E-state index in [0.29, 0.717) is 10.5 Å². The third kappa shape index (κ3) is 4.68. The van der Waals surface area contributed by atoms with Crippen LogP contribution in [0.25, 0.3) is 17.2 Å². The Labute approximate surface area is 202 Å². The molecule has 0 saturated carbocycles. The average Bonchev–Trinajstić information content (AvgIpc) is 3.25. The smallest absolute Gasteiger partial charge is 0.286 e. The number of ketones is 1. The fourth-order valence-corrected chi connectivity index (χ4v) is 5.19. The van der Waals surface area contributed by atoms with E-state index in [1.54, 1.807) is 42.5 Å². The number of hydrogen-bond donors (Lipinski definition) is 1. The molecule has 0 aliphatic carbocycles. The summed E-state index contributed by atoms with van der Waals surface area (Å²) in [6.45, 7) is 1.90. The van der Waals surface area contributed by atoms with Crippen LogP contribution >= 0.6 is 11.8 Å². The molecule has 1 fully saturated rings. The van der Waals surface area contributed by atoms with Gasteiger partial charge in [0.25, 0.3) is 5.91 Å². The van der Waals surface area contributed by atoms with E-state index in [1.165, 1.54) is 18.2 Å². The van der Waals surface area contributed by atoms with Gasteiger partial charge in [0.2, 0.25) is 0 Å². The minimum atomic E-state index is -0.228. The van der Waals surface area contributed by atoms with Gasteiger partial charge in [-0.1, -0.05) is 54.6 Å². The standard InChI is InChI=1S/C28H24N2O3S/c31-24-13-12-22(18-23(24)26(32)20-9-3-1-4-10-20)21-11-7-8-19(16-21)17-25-27(33)29-28(34-25)30-14-5-2-6-15-30/h1,3-4,7-13,16-18,31H,2,5-6,14-15H2/b25-17+. The molecule has 5 nitrogen and oxygen atoms in total. The summed E-state index contributed by atoms with van der Waals surface area (Å²) in [6.07, 6.45) is 5.37. The van der Waals surface area contributed by atoms with Crippen molar-refractivity contribution in [2.75, 3.05) is 13.1 Å². The first-order chi connectivity index (χ1) is 16.6. The number of nitrogens with zero attached hydrogens (tertiary/aromatic N) is 2. The molecule has 0 atom stereocenters. The number of thioether (sulfide) groups is 1. The maximum absolute atomic E-state index is 12.9. The number of likely N-dealkylation sites (tertiary alicyclic amines) is 1. The fourth-order valence-electron chi connectivity index (χ4n) is 4.22. The summed E-state index contributed by atoms with van der Waals surface area (Å²) < 4.78 is 0. The van der Waals surface area contributed by atoms with Gasteiger partial charge in [0.05, 0.1) is 10.5 Å². The average molecular weight is 469 g/mol. The minimum absolute atomic E-state index is 0.0498. The summed E-state index contributed by atoms with van der Waals surface area (Å²) >= 11 is 1.44. The van der Waals surface area contributed by atoms with E-state index in [-0.39, 0.29) is 23.0 Å². The Balaban J connectivity index is 1.40. The fraction of sp³-hybridized carbons (Fsp3) is 0.179. The highest BCUT2D eigenvalue weighted by atomic mass is 32.2. The van der Waals surface area contributed by atoms with Crippen LogP contribution in [-0.4, -0.2) is 40.0 Å². The van der Waals surface area contributed by atoms with Gasteiger partial charge in [-0.25, -0.2) is 0 Å². The highest BCUT2D eigenvalue weighted by Crippen LogP contribution is 2.33. The molecule has 2 aliphatic heterocycles. The number of phenols is 1. The van der Waals surface area contributed by atoms with E-state index >= 15 is 0 Å². The first-order valence-corrected chi connectivity index (χ1v) is 12.2. The highest BCUT2D eigenvalue weighted by Gasteiger charge is 2.27. The van der Waals surface area contributed by atoms with Gasteiger partial charge in [-0.2, -0.15) is 4.99 Å². The second kappa shape index (κ2) is 9.69. The van der Waals surface area contributed by atoms with Gasteiger partial charge < -0.3 is 10.0 Å². The Hall–Kier alpha value is -3.64. The number of aliphatic imine (C=N–C) groups is 1. The number of benzene rings is 3. The number of aromatic hydroxyl groups is 1. The summed E-state index contributed by atoms with van der Waals surface area (Å²) in [7, 11) is 0. The molecule has 0 bridgehead atoms. The molecule has 0 unspecified atom stereocenters. The molecule has 34 heavy (non-hydrogen) atoms. The van der Waals surface area contributed by atoms with Crippen molar-refractivity contribution in [3.8, 4) is 16.9 Å². The van der Waals surface area contributed by atoms with Crippen LogP contribution in [0.1, 0.15) is 40.7 Å². The zero-order valence-corrected chi connectivity index (χ0v) is 19.4. The molecule has 6 heteroatoms. The first kappa shape index (κ1) is 22.2. The second-order valence-corrected chi connectivity index (χ2v) is 9.42. The van der Waals surface area contributed by atoms with E-state index in [0.717, 1.165) is 47.8 Å². The molecule has 1 N–H and O–H groups in total. The highest BCUT2D eigenvalue weighted by molar-refractivity contribution is 8.18. The van der Waals surface area contributed by atoms with Crippen molar-refractivity contribution in [2.24, 2.45) is 4.99 Å². The maximum Gasteiger partial charge on any atom is 0.286 e. The number of amidine groups is 1. The van der Waals surface area contributed by atoms with E-state index < -0.39 is 0 Å². The lowest BCUT2D eigenvalue weighted by molar-refractivity contribution is -0.113. The lowest BCUT2D eigenvalue weighted by Crippen LogP contribution is -2.33. The van der Waals surface area contributed by atoms with Gasteiger partial charge >= 0.3 is 0 Å².